The van der Waals surface area contributed by atoms with Crippen LogP contribution in [-0.2, 0) is 26.2 Å². The largest absolute Gasteiger partial charge is 0.497 e. The second kappa shape index (κ2) is 14.3. The third kappa shape index (κ3) is 7.55. The number of nitrogens with zero attached hydrogens (tertiary/aromatic N) is 2. The van der Waals surface area contributed by atoms with Crippen LogP contribution in [0, 0.1) is 0 Å². The molecule has 0 aromatic heterocycles. The topological polar surface area (TPSA) is 105 Å². The molecule has 1 aliphatic carbocycles. The summed E-state index contributed by atoms with van der Waals surface area (Å²) in [6, 6.07) is 16.4. The van der Waals surface area contributed by atoms with Crippen LogP contribution in [0.25, 0.3) is 0 Å². The molecule has 1 atom stereocenters. The first-order valence-electron chi connectivity index (χ1n) is 13.9. The minimum absolute atomic E-state index is 0.0244. The summed E-state index contributed by atoms with van der Waals surface area (Å²) in [5, 5.41) is 3.68. The van der Waals surface area contributed by atoms with Gasteiger partial charge in [-0.15, -0.1) is 0 Å². The van der Waals surface area contributed by atoms with Gasteiger partial charge in [-0.25, -0.2) is 8.42 Å². The molecule has 0 bridgehead atoms. The number of hydrogen-bond acceptors (Lipinski definition) is 6. The Labute approximate surface area is 262 Å². The van der Waals surface area contributed by atoms with Crippen molar-refractivity contribution in [2.75, 3.05) is 25.1 Å². The van der Waals surface area contributed by atoms with Crippen molar-refractivity contribution < 1.29 is 27.5 Å². The highest BCUT2D eigenvalue weighted by atomic mass is 35.5. The molecule has 0 saturated heterocycles. The summed E-state index contributed by atoms with van der Waals surface area (Å²) in [6.45, 7) is 0.870. The van der Waals surface area contributed by atoms with Crippen LogP contribution in [0.5, 0.6) is 11.5 Å². The van der Waals surface area contributed by atoms with Gasteiger partial charge in [0.05, 0.1) is 24.8 Å². The molecule has 2 amide bonds. The normalized spacial score (nSPS) is 14.2. The molecular weight excluding hydrogens is 613 g/mol. The Morgan fingerprint density at radius 1 is 0.930 bits per heavy atom. The summed E-state index contributed by atoms with van der Waals surface area (Å²) >= 11 is 12.9. The van der Waals surface area contributed by atoms with Gasteiger partial charge in [0.1, 0.15) is 24.1 Å². The lowest BCUT2D eigenvalue weighted by Crippen LogP contribution is -2.52. The number of anilines is 1. The van der Waals surface area contributed by atoms with Crippen LogP contribution >= 0.6 is 23.2 Å². The zero-order valence-electron chi connectivity index (χ0n) is 24.3. The molecule has 0 spiro atoms. The number of nitrogens with one attached hydrogen (secondary N) is 1. The van der Waals surface area contributed by atoms with Gasteiger partial charge >= 0.3 is 0 Å². The molecule has 43 heavy (non-hydrogen) atoms. The molecule has 0 heterocycles. The minimum atomic E-state index is -4.30. The number of amides is 2. The molecule has 4 rings (SSSR count). The average molecular weight is 649 g/mol. The molecule has 0 radical (unpaired) electrons. The van der Waals surface area contributed by atoms with Crippen molar-refractivity contribution in [1.29, 1.82) is 0 Å². The summed E-state index contributed by atoms with van der Waals surface area (Å²) in [4.78, 5) is 28.9. The van der Waals surface area contributed by atoms with Crippen molar-refractivity contribution in [1.82, 2.24) is 10.2 Å². The molecule has 1 fully saturated rings. The van der Waals surface area contributed by atoms with E-state index in [1.54, 1.807) is 49.4 Å². The van der Waals surface area contributed by atoms with Crippen LogP contribution in [0.15, 0.2) is 71.6 Å². The Balaban J connectivity index is 1.75. The zero-order valence-corrected chi connectivity index (χ0v) is 26.6. The van der Waals surface area contributed by atoms with Gasteiger partial charge in [-0.2, -0.15) is 0 Å². The number of halogens is 2. The number of para-hydroxylation sites is 2. The predicted octanol–water partition coefficient (Wildman–Crippen LogP) is 5.68. The molecular formula is C31H35Cl2N3O6S. The Morgan fingerprint density at radius 3 is 2.16 bits per heavy atom. The van der Waals surface area contributed by atoms with Crippen LogP contribution in [0.3, 0.4) is 0 Å². The third-order valence-corrected chi connectivity index (χ3v) is 10.0. The lowest BCUT2D eigenvalue weighted by Gasteiger charge is -2.33. The number of methoxy groups -OCH3 is 2. The fourth-order valence-electron chi connectivity index (χ4n) is 5.05. The number of carbonyl (C=O) groups excluding carboxylic acids is 2. The van der Waals surface area contributed by atoms with E-state index in [4.69, 9.17) is 32.7 Å². The van der Waals surface area contributed by atoms with Gasteiger partial charge in [-0.3, -0.25) is 13.9 Å². The molecule has 9 nitrogen and oxygen atoms in total. The average Bonchev–Trinajstić information content (AvgIpc) is 3.52. The van der Waals surface area contributed by atoms with Gasteiger partial charge in [0.2, 0.25) is 11.8 Å². The molecule has 1 N–H and O–H groups in total. The highest BCUT2D eigenvalue weighted by Gasteiger charge is 2.35. The number of carbonyl (C=O) groups is 2. The van der Waals surface area contributed by atoms with Crippen molar-refractivity contribution in [2.45, 2.75) is 56.1 Å². The van der Waals surface area contributed by atoms with Crippen molar-refractivity contribution in [3.63, 3.8) is 0 Å². The van der Waals surface area contributed by atoms with E-state index in [9.17, 15) is 18.0 Å². The Morgan fingerprint density at radius 2 is 1.56 bits per heavy atom. The standard InChI is InChI=1S/C31H35Cl2N3O6S/c1-21(31(38)34-22-9-4-5-10-22)35(19-25-26(32)11-8-12-27(25)33)30(37)20-36(28-13-6-7-14-29(28)42-3)43(39,40)24-17-15-23(41-2)16-18-24/h6-8,11-18,21-22H,4-5,9-10,19-20H2,1-3H3,(H,34,38). The summed E-state index contributed by atoms with van der Waals surface area (Å²) in [7, 11) is -1.40. The highest BCUT2D eigenvalue weighted by Crippen LogP contribution is 2.33. The first-order valence-corrected chi connectivity index (χ1v) is 16.1. The molecule has 3 aromatic rings. The monoisotopic (exact) mass is 647 g/mol. The maximum atomic E-state index is 14.2. The molecule has 1 unspecified atom stereocenters. The SMILES string of the molecule is COc1ccc(S(=O)(=O)N(CC(=O)N(Cc2c(Cl)cccc2Cl)C(C)C(=O)NC2CCCC2)c2ccccc2OC)cc1. The lowest BCUT2D eigenvalue weighted by atomic mass is 10.1. The van der Waals surface area contributed by atoms with Gasteiger partial charge in [-0.1, -0.05) is 54.2 Å². The van der Waals surface area contributed by atoms with Gasteiger partial charge in [0.15, 0.2) is 0 Å². The van der Waals surface area contributed by atoms with Crippen LogP contribution in [0.1, 0.15) is 38.2 Å². The van der Waals surface area contributed by atoms with E-state index >= 15 is 0 Å². The Hall–Kier alpha value is -3.47. The number of benzene rings is 3. The van der Waals surface area contributed by atoms with Crippen molar-refractivity contribution in [3.05, 3.63) is 82.3 Å². The van der Waals surface area contributed by atoms with E-state index in [1.807, 2.05) is 0 Å². The van der Waals surface area contributed by atoms with Crippen molar-refractivity contribution >= 4 is 50.7 Å². The maximum absolute atomic E-state index is 14.2. The second-order valence-electron chi connectivity index (χ2n) is 10.2. The van der Waals surface area contributed by atoms with E-state index in [2.05, 4.69) is 5.32 Å². The minimum Gasteiger partial charge on any atom is -0.497 e. The smallest absolute Gasteiger partial charge is 0.264 e. The van der Waals surface area contributed by atoms with Crippen molar-refractivity contribution in [2.24, 2.45) is 0 Å². The second-order valence-corrected chi connectivity index (χ2v) is 12.9. The number of rotatable bonds is 12. The summed E-state index contributed by atoms with van der Waals surface area (Å²) in [6.07, 6.45) is 3.78. The van der Waals surface area contributed by atoms with E-state index < -0.39 is 28.5 Å². The highest BCUT2D eigenvalue weighted by molar-refractivity contribution is 7.92. The predicted molar refractivity (Wildman–Crippen MR) is 167 cm³/mol. The van der Waals surface area contributed by atoms with Gasteiger partial charge < -0.3 is 19.7 Å². The molecule has 1 aliphatic rings. The van der Waals surface area contributed by atoms with Crippen LogP contribution in [-0.4, -0.2) is 58.0 Å². The first-order chi connectivity index (χ1) is 20.6. The molecule has 0 aliphatic heterocycles. The van der Waals surface area contributed by atoms with Gasteiger partial charge in [-0.05, 0) is 68.3 Å². The number of sulfonamides is 1. The van der Waals surface area contributed by atoms with Gasteiger partial charge in [0, 0.05) is 28.2 Å². The molecule has 1 saturated carbocycles. The number of hydrogen-bond donors (Lipinski definition) is 1. The van der Waals surface area contributed by atoms with E-state index in [1.165, 1.54) is 43.4 Å². The zero-order chi connectivity index (χ0) is 31.1. The van der Waals surface area contributed by atoms with Crippen molar-refractivity contribution in [3.8, 4) is 11.5 Å². The van der Waals surface area contributed by atoms with Crippen LogP contribution in [0.4, 0.5) is 5.69 Å². The van der Waals surface area contributed by atoms with E-state index in [0.29, 0.717) is 21.4 Å². The van der Waals surface area contributed by atoms with Gasteiger partial charge in [0.25, 0.3) is 10.0 Å². The summed E-state index contributed by atoms with van der Waals surface area (Å²) in [5.41, 5.74) is 0.606. The maximum Gasteiger partial charge on any atom is 0.264 e. The summed E-state index contributed by atoms with van der Waals surface area (Å²) < 4.78 is 39.8. The third-order valence-electron chi connectivity index (χ3n) is 7.54. The molecule has 3 aromatic carbocycles. The summed E-state index contributed by atoms with van der Waals surface area (Å²) in [5.74, 6) is -0.248. The molecule has 12 heteroatoms. The fraction of sp³-hybridized carbons (Fsp3) is 0.355. The Bertz CT molecular complexity index is 1530. The van der Waals surface area contributed by atoms with E-state index in [-0.39, 0.29) is 34.8 Å². The van der Waals surface area contributed by atoms with E-state index in [0.717, 1.165) is 30.0 Å². The van der Waals surface area contributed by atoms with Crippen LogP contribution < -0.4 is 19.1 Å². The molecule has 230 valence electrons. The van der Waals surface area contributed by atoms with Crippen LogP contribution in [0.2, 0.25) is 10.0 Å². The first kappa shape index (κ1) is 32.4. The number of ether oxygens (including phenoxy) is 2. The lowest BCUT2D eigenvalue weighted by molar-refractivity contribution is -0.139. The quantitative estimate of drug-likeness (QED) is 0.271. The Kier molecular flexibility index (Phi) is 10.8. The fourth-order valence-corrected chi connectivity index (χ4v) is 6.99.